The SMILES string of the molecule is CCS(=O)(=O)c1cccc(CC(=O)NCCCC(=O)O)c1. The predicted octanol–water partition coefficient (Wildman–Crippen LogP) is 1.00. The number of aliphatic carboxylic acids is 1. The van der Waals surface area contributed by atoms with Gasteiger partial charge in [-0.15, -0.1) is 0 Å². The largest absolute Gasteiger partial charge is 0.481 e. The molecule has 0 aliphatic carbocycles. The van der Waals surface area contributed by atoms with Gasteiger partial charge >= 0.3 is 5.97 Å². The van der Waals surface area contributed by atoms with Gasteiger partial charge in [0.1, 0.15) is 0 Å². The maximum atomic E-state index is 11.8. The molecule has 21 heavy (non-hydrogen) atoms. The van der Waals surface area contributed by atoms with E-state index in [2.05, 4.69) is 5.32 Å². The lowest BCUT2D eigenvalue weighted by Gasteiger charge is -2.06. The van der Waals surface area contributed by atoms with Crippen molar-refractivity contribution in [1.82, 2.24) is 5.32 Å². The molecule has 0 fully saturated rings. The van der Waals surface area contributed by atoms with Crippen LogP contribution in [0.5, 0.6) is 0 Å². The highest BCUT2D eigenvalue weighted by atomic mass is 32.2. The summed E-state index contributed by atoms with van der Waals surface area (Å²) in [7, 11) is -3.28. The molecule has 0 atom stereocenters. The lowest BCUT2D eigenvalue weighted by atomic mass is 10.1. The molecule has 1 rings (SSSR count). The first-order valence-corrected chi connectivity index (χ1v) is 8.30. The number of carboxylic acids is 1. The molecule has 116 valence electrons. The van der Waals surface area contributed by atoms with Gasteiger partial charge in [-0.05, 0) is 24.1 Å². The third-order valence-electron chi connectivity index (χ3n) is 2.89. The van der Waals surface area contributed by atoms with Crippen molar-refractivity contribution in [3.63, 3.8) is 0 Å². The van der Waals surface area contributed by atoms with Crippen LogP contribution in [0.3, 0.4) is 0 Å². The monoisotopic (exact) mass is 313 g/mol. The Hall–Kier alpha value is -1.89. The molecule has 0 spiro atoms. The maximum absolute atomic E-state index is 11.8. The predicted molar refractivity (Wildman–Crippen MR) is 77.8 cm³/mol. The Bertz CT molecular complexity index is 610. The van der Waals surface area contributed by atoms with Crippen molar-refractivity contribution in [2.45, 2.75) is 31.1 Å². The van der Waals surface area contributed by atoms with Crippen LogP contribution < -0.4 is 5.32 Å². The van der Waals surface area contributed by atoms with E-state index in [0.717, 1.165) is 0 Å². The molecule has 1 aromatic carbocycles. The fourth-order valence-electron chi connectivity index (χ4n) is 1.73. The zero-order chi connectivity index (χ0) is 15.9. The van der Waals surface area contributed by atoms with Crippen LogP contribution in [0.1, 0.15) is 25.3 Å². The summed E-state index contributed by atoms with van der Waals surface area (Å²) in [6.45, 7) is 1.86. The molecule has 1 amide bonds. The number of rotatable bonds is 8. The zero-order valence-corrected chi connectivity index (χ0v) is 12.6. The Morgan fingerprint density at radius 3 is 2.62 bits per heavy atom. The highest BCUT2D eigenvalue weighted by Gasteiger charge is 2.12. The molecule has 6 nitrogen and oxygen atoms in total. The minimum Gasteiger partial charge on any atom is -0.481 e. The minimum absolute atomic E-state index is 0.00447. The summed E-state index contributed by atoms with van der Waals surface area (Å²) in [6, 6.07) is 6.30. The van der Waals surface area contributed by atoms with Gasteiger partial charge in [0.05, 0.1) is 17.1 Å². The van der Waals surface area contributed by atoms with E-state index in [4.69, 9.17) is 5.11 Å². The van der Waals surface area contributed by atoms with Gasteiger partial charge in [0, 0.05) is 13.0 Å². The van der Waals surface area contributed by atoms with Gasteiger partial charge in [-0.1, -0.05) is 19.1 Å². The highest BCUT2D eigenvalue weighted by molar-refractivity contribution is 7.91. The van der Waals surface area contributed by atoms with Crippen LogP contribution in [0.15, 0.2) is 29.2 Å². The van der Waals surface area contributed by atoms with Crippen LogP contribution >= 0.6 is 0 Å². The summed E-state index contributed by atoms with van der Waals surface area (Å²) in [4.78, 5) is 22.2. The van der Waals surface area contributed by atoms with Crippen LogP contribution in [-0.4, -0.2) is 37.7 Å². The van der Waals surface area contributed by atoms with E-state index in [1.165, 1.54) is 12.1 Å². The van der Waals surface area contributed by atoms with E-state index >= 15 is 0 Å². The third-order valence-corrected chi connectivity index (χ3v) is 4.62. The Kier molecular flexibility index (Phi) is 6.36. The number of sulfone groups is 1. The number of hydrogen-bond donors (Lipinski definition) is 2. The second-order valence-corrected chi connectivity index (χ2v) is 6.85. The molecule has 1 aromatic rings. The van der Waals surface area contributed by atoms with Crippen molar-refractivity contribution in [3.05, 3.63) is 29.8 Å². The summed E-state index contributed by atoms with van der Waals surface area (Å²) < 4.78 is 23.5. The van der Waals surface area contributed by atoms with E-state index in [1.54, 1.807) is 19.1 Å². The molecule has 0 saturated carbocycles. The first kappa shape index (κ1) is 17.2. The fraction of sp³-hybridized carbons (Fsp3) is 0.429. The van der Waals surface area contributed by atoms with E-state index in [-0.39, 0.29) is 35.9 Å². The summed E-state index contributed by atoms with van der Waals surface area (Å²) in [5.41, 5.74) is 0.611. The van der Waals surface area contributed by atoms with Gasteiger partial charge < -0.3 is 10.4 Å². The van der Waals surface area contributed by atoms with E-state index < -0.39 is 15.8 Å². The minimum atomic E-state index is -3.28. The molecular weight excluding hydrogens is 294 g/mol. The number of nitrogens with one attached hydrogen (secondary N) is 1. The number of benzene rings is 1. The Labute approximate surface area is 124 Å². The topological polar surface area (TPSA) is 101 Å². The normalized spacial score (nSPS) is 11.1. The molecule has 7 heteroatoms. The van der Waals surface area contributed by atoms with Gasteiger partial charge in [-0.2, -0.15) is 0 Å². The zero-order valence-electron chi connectivity index (χ0n) is 11.8. The van der Waals surface area contributed by atoms with Gasteiger partial charge in [0.2, 0.25) is 5.91 Å². The molecule has 0 saturated heterocycles. The standard InChI is InChI=1S/C14H19NO5S/c1-2-21(19,20)12-6-3-5-11(9-12)10-13(16)15-8-4-7-14(17)18/h3,5-6,9H,2,4,7-8,10H2,1H3,(H,15,16)(H,17,18). The van der Waals surface area contributed by atoms with Crippen LogP contribution in [0.25, 0.3) is 0 Å². The van der Waals surface area contributed by atoms with Crippen molar-refractivity contribution in [2.24, 2.45) is 0 Å². The molecule has 0 bridgehead atoms. The van der Waals surface area contributed by atoms with Gasteiger partial charge in [0.15, 0.2) is 9.84 Å². The summed E-state index contributed by atoms with van der Waals surface area (Å²) in [6.07, 6.45) is 0.440. The van der Waals surface area contributed by atoms with Crippen LogP contribution in [0.2, 0.25) is 0 Å². The van der Waals surface area contributed by atoms with E-state index in [0.29, 0.717) is 12.0 Å². The number of carbonyl (C=O) groups excluding carboxylic acids is 1. The third kappa shape index (κ3) is 5.95. The average molecular weight is 313 g/mol. The Balaban J connectivity index is 2.57. The van der Waals surface area contributed by atoms with Crippen LogP contribution in [0, 0.1) is 0 Å². The maximum Gasteiger partial charge on any atom is 0.303 e. The second-order valence-electron chi connectivity index (χ2n) is 4.57. The van der Waals surface area contributed by atoms with Gasteiger partial charge in [-0.3, -0.25) is 9.59 Å². The molecule has 0 radical (unpaired) electrons. The van der Waals surface area contributed by atoms with E-state index in [9.17, 15) is 18.0 Å². The molecule has 2 N–H and O–H groups in total. The molecule has 0 aliphatic rings. The second kappa shape index (κ2) is 7.78. The number of carboxylic acid groups (broad SMARTS) is 1. The molecule has 0 aliphatic heterocycles. The lowest BCUT2D eigenvalue weighted by Crippen LogP contribution is -2.26. The molecule has 0 heterocycles. The van der Waals surface area contributed by atoms with Crippen molar-refractivity contribution < 1.29 is 23.1 Å². The quantitative estimate of drug-likeness (QED) is 0.697. The van der Waals surface area contributed by atoms with Crippen LogP contribution in [0.4, 0.5) is 0 Å². The van der Waals surface area contributed by atoms with Gasteiger partial charge in [-0.25, -0.2) is 8.42 Å². The van der Waals surface area contributed by atoms with E-state index in [1.807, 2.05) is 0 Å². The van der Waals surface area contributed by atoms with Crippen molar-refractivity contribution >= 4 is 21.7 Å². The summed E-state index contributed by atoms with van der Waals surface area (Å²) >= 11 is 0. The fourth-order valence-corrected chi connectivity index (χ4v) is 2.68. The van der Waals surface area contributed by atoms with Crippen LogP contribution in [-0.2, 0) is 25.8 Å². The average Bonchev–Trinajstić information content (AvgIpc) is 2.43. The summed E-state index contributed by atoms with van der Waals surface area (Å²) in [5.74, 6) is -1.15. The Morgan fingerprint density at radius 1 is 1.29 bits per heavy atom. The highest BCUT2D eigenvalue weighted by Crippen LogP contribution is 2.13. The first-order valence-electron chi connectivity index (χ1n) is 6.65. The summed E-state index contributed by atoms with van der Waals surface area (Å²) in [5, 5.41) is 11.1. The number of amides is 1. The van der Waals surface area contributed by atoms with Crippen molar-refractivity contribution in [3.8, 4) is 0 Å². The Morgan fingerprint density at radius 2 is 2.00 bits per heavy atom. The molecule has 0 unspecified atom stereocenters. The smallest absolute Gasteiger partial charge is 0.303 e. The molecular formula is C14H19NO5S. The lowest BCUT2D eigenvalue weighted by molar-refractivity contribution is -0.137. The number of carbonyl (C=O) groups is 2. The molecule has 0 aromatic heterocycles. The van der Waals surface area contributed by atoms with Gasteiger partial charge in [0.25, 0.3) is 0 Å². The van der Waals surface area contributed by atoms with Crippen molar-refractivity contribution in [2.75, 3.05) is 12.3 Å². The first-order chi connectivity index (χ1) is 9.85. The van der Waals surface area contributed by atoms with Crippen molar-refractivity contribution in [1.29, 1.82) is 0 Å². The number of hydrogen-bond acceptors (Lipinski definition) is 4.